The Labute approximate surface area is 133 Å². The number of ether oxygens (including phenoxy) is 1. The van der Waals surface area contributed by atoms with Crippen LogP contribution in [0.25, 0.3) is 6.08 Å². The maximum absolute atomic E-state index is 11.9. The van der Waals surface area contributed by atoms with Crippen LogP contribution in [0.1, 0.15) is 25.8 Å². The van der Waals surface area contributed by atoms with Crippen LogP contribution in [0.2, 0.25) is 0 Å². The molecule has 1 aromatic carbocycles. The van der Waals surface area contributed by atoms with Gasteiger partial charge in [-0.25, -0.2) is 4.79 Å². The molecule has 0 spiro atoms. The minimum atomic E-state index is -0.619. The van der Waals surface area contributed by atoms with Crippen molar-refractivity contribution < 1.29 is 14.3 Å². The van der Waals surface area contributed by atoms with Crippen molar-refractivity contribution in [2.24, 2.45) is 5.92 Å². The average molecular weight is 354 g/mol. The molecule has 114 valence electrons. The zero-order chi connectivity index (χ0) is 15.8. The standard InChI is InChI=1S/C16H20BrNO3/c1-11(2)10-14(16(20)21-3)18-15(19)9-8-12-6-4-5-7-13(12)17/h4-9,11,14H,10H2,1-3H3,(H,18,19)/b9-8+. The van der Waals surface area contributed by atoms with E-state index in [4.69, 9.17) is 4.74 Å². The summed E-state index contributed by atoms with van der Waals surface area (Å²) >= 11 is 3.41. The van der Waals surface area contributed by atoms with Gasteiger partial charge in [0, 0.05) is 10.5 Å². The Morgan fingerprint density at radius 1 is 1.33 bits per heavy atom. The molecule has 1 amide bonds. The molecule has 0 saturated heterocycles. The lowest BCUT2D eigenvalue weighted by Gasteiger charge is -2.17. The number of benzene rings is 1. The highest BCUT2D eigenvalue weighted by molar-refractivity contribution is 9.10. The van der Waals surface area contributed by atoms with E-state index in [1.807, 2.05) is 38.1 Å². The van der Waals surface area contributed by atoms with E-state index in [1.165, 1.54) is 13.2 Å². The Balaban J connectivity index is 2.70. The third-order valence-electron chi connectivity index (χ3n) is 2.83. The quantitative estimate of drug-likeness (QED) is 0.631. The summed E-state index contributed by atoms with van der Waals surface area (Å²) in [5.74, 6) is -0.463. The van der Waals surface area contributed by atoms with E-state index in [2.05, 4.69) is 21.2 Å². The summed E-state index contributed by atoms with van der Waals surface area (Å²) in [5, 5.41) is 2.67. The molecule has 1 rings (SSSR count). The van der Waals surface area contributed by atoms with Gasteiger partial charge in [-0.15, -0.1) is 0 Å². The second kappa shape index (κ2) is 8.62. The number of nitrogens with one attached hydrogen (secondary N) is 1. The van der Waals surface area contributed by atoms with Gasteiger partial charge in [0.05, 0.1) is 7.11 Å². The van der Waals surface area contributed by atoms with Gasteiger partial charge in [0.2, 0.25) is 5.91 Å². The monoisotopic (exact) mass is 353 g/mol. The molecular formula is C16H20BrNO3. The Morgan fingerprint density at radius 3 is 2.57 bits per heavy atom. The van der Waals surface area contributed by atoms with Gasteiger partial charge in [-0.3, -0.25) is 4.79 Å². The van der Waals surface area contributed by atoms with Crippen molar-refractivity contribution in [1.29, 1.82) is 0 Å². The summed E-state index contributed by atoms with van der Waals surface area (Å²) in [6.45, 7) is 3.97. The molecular weight excluding hydrogens is 334 g/mol. The number of halogens is 1. The molecule has 0 aliphatic rings. The molecule has 0 saturated carbocycles. The molecule has 1 atom stereocenters. The van der Waals surface area contributed by atoms with Gasteiger partial charge in [-0.05, 0) is 30.0 Å². The molecule has 1 unspecified atom stereocenters. The van der Waals surface area contributed by atoms with Gasteiger partial charge < -0.3 is 10.1 Å². The summed E-state index contributed by atoms with van der Waals surface area (Å²) in [6.07, 6.45) is 3.65. The fourth-order valence-corrected chi connectivity index (χ4v) is 2.24. The predicted octanol–water partition coefficient (Wildman–Crippen LogP) is 3.17. The maximum Gasteiger partial charge on any atom is 0.328 e. The lowest BCUT2D eigenvalue weighted by atomic mass is 10.0. The molecule has 0 aromatic heterocycles. The van der Waals surface area contributed by atoms with E-state index in [0.29, 0.717) is 6.42 Å². The average Bonchev–Trinajstić information content (AvgIpc) is 2.44. The van der Waals surface area contributed by atoms with Crippen LogP contribution >= 0.6 is 15.9 Å². The molecule has 0 radical (unpaired) electrons. The van der Waals surface area contributed by atoms with Gasteiger partial charge in [0.25, 0.3) is 0 Å². The van der Waals surface area contributed by atoms with Crippen molar-refractivity contribution in [2.75, 3.05) is 7.11 Å². The number of esters is 1. The van der Waals surface area contributed by atoms with Crippen LogP contribution in [0.15, 0.2) is 34.8 Å². The molecule has 0 aliphatic heterocycles. The highest BCUT2D eigenvalue weighted by atomic mass is 79.9. The van der Waals surface area contributed by atoms with Crippen molar-refractivity contribution in [3.63, 3.8) is 0 Å². The van der Waals surface area contributed by atoms with Gasteiger partial charge in [-0.1, -0.05) is 48.0 Å². The van der Waals surface area contributed by atoms with E-state index in [1.54, 1.807) is 6.08 Å². The Kier molecular flexibility index (Phi) is 7.15. The smallest absolute Gasteiger partial charge is 0.328 e. The lowest BCUT2D eigenvalue weighted by Crippen LogP contribution is -2.41. The van der Waals surface area contributed by atoms with Crippen LogP contribution in [-0.2, 0) is 14.3 Å². The first kappa shape index (κ1) is 17.4. The van der Waals surface area contributed by atoms with Gasteiger partial charge in [0.15, 0.2) is 0 Å². The highest BCUT2D eigenvalue weighted by Crippen LogP contribution is 2.17. The van der Waals surface area contributed by atoms with Gasteiger partial charge >= 0.3 is 5.97 Å². The van der Waals surface area contributed by atoms with Crippen LogP contribution < -0.4 is 5.32 Å². The van der Waals surface area contributed by atoms with Crippen molar-refractivity contribution >= 4 is 33.9 Å². The minimum Gasteiger partial charge on any atom is -0.467 e. The van der Waals surface area contributed by atoms with E-state index in [0.717, 1.165) is 10.0 Å². The van der Waals surface area contributed by atoms with E-state index in [-0.39, 0.29) is 11.8 Å². The molecule has 4 nitrogen and oxygen atoms in total. The zero-order valence-electron chi connectivity index (χ0n) is 12.4. The first-order valence-corrected chi connectivity index (χ1v) is 7.54. The second-order valence-electron chi connectivity index (χ2n) is 5.07. The number of hydrogen-bond donors (Lipinski definition) is 1. The third kappa shape index (κ3) is 6.12. The molecule has 1 aromatic rings. The van der Waals surface area contributed by atoms with Gasteiger partial charge in [-0.2, -0.15) is 0 Å². The lowest BCUT2D eigenvalue weighted by molar-refractivity contribution is -0.145. The van der Waals surface area contributed by atoms with Crippen LogP contribution in [-0.4, -0.2) is 25.0 Å². The number of carbonyl (C=O) groups is 2. The highest BCUT2D eigenvalue weighted by Gasteiger charge is 2.21. The zero-order valence-corrected chi connectivity index (χ0v) is 14.0. The minimum absolute atomic E-state index is 0.279. The van der Waals surface area contributed by atoms with Crippen molar-refractivity contribution in [1.82, 2.24) is 5.32 Å². The van der Waals surface area contributed by atoms with Crippen molar-refractivity contribution in [2.45, 2.75) is 26.3 Å². The van der Waals surface area contributed by atoms with E-state index < -0.39 is 12.0 Å². The topological polar surface area (TPSA) is 55.4 Å². The summed E-state index contributed by atoms with van der Waals surface area (Å²) in [6, 6.07) is 6.95. The number of methoxy groups -OCH3 is 1. The van der Waals surface area contributed by atoms with Crippen molar-refractivity contribution in [3.8, 4) is 0 Å². The molecule has 5 heteroatoms. The Hall–Kier alpha value is -1.62. The number of rotatable bonds is 6. The predicted molar refractivity (Wildman–Crippen MR) is 86.6 cm³/mol. The van der Waals surface area contributed by atoms with Crippen LogP contribution in [0.3, 0.4) is 0 Å². The molecule has 0 aliphatic carbocycles. The normalized spacial score (nSPS) is 12.4. The fraction of sp³-hybridized carbons (Fsp3) is 0.375. The Morgan fingerprint density at radius 2 is 2.00 bits per heavy atom. The summed E-state index contributed by atoms with van der Waals surface area (Å²) in [5.41, 5.74) is 0.895. The molecule has 21 heavy (non-hydrogen) atoms. The summed E-state index contributed by atoms with van der Waals surface area (Å²) < 4.78 is 5.61. The Bertz CT molecular complexity index is 526. The first-order valence-electron chi connectivity index (χ1n) is 6.75. The summed E-state index contributed by atoms with van der Waals surface area (Å²) in [7, 11) is 1.32. The largest absolute Gasteiger partial charge is 0.467 e. The summed E-state index contributed by atoms with van der Waals surface area (Å²) in [4.78, 5) is 23.6. The number of hydrogen-bond acceptors (Lipinski definition) is 3. The van der Waals surface area contributed by atoms with Crippen molar-refractivity contribution in [3.05, 3.63) is 40.4 Å². The number of amides is 1. The first-order chi connectivity index (χ1) is 9.93. The fourth-order valence-electron chi connectivity index (χ4n) is 1.82. The van der Waals surface area contributed by atoms with E-state index >= 15 is 0 Å². The van der Waals surface area contributed by atoms with E-state index in [9.17, 15) is 9.59 Å². The molecule has 1 N–H and O–H groups in total. The molecule has 0 bridgehead atoms. The second-order valence-corrected chi connectivity index (χ2v) is 5.92. The molecule has 0 fully saturated rings. The van der Waals surface area contributed by atoms with Crippen LogP contribution in [0.5, 0.6) is 0 Å². The SMILES string of the molecule is COC(=O)C(CC(C)C)NC(=O)/C=C/c1ccccc1Br. The molecule has 0 heterocycles. The maximum atomic E-state index is 11.9. The van der Waals surface area contributed by atoms with Crippen LogP contribution in [0, 0.1) is 5.92 Å². The van der Waals surface area contributed by atoms with Crippen LogP contribution in [0.4, 0.5) is 0 Å². The number of carbonyl (C=O) groups excluding carboxylic acids is 2. The third-order valence-corrected chi connectivity index (χ3v) is 3.55. The van der Waals surface area contributed by atoms with Gasteiger partial charge in [0.1, 0.15) is 6.04 Å².